The van der Waals surface area contributed by atoms with Crippen LogP contribution in [0.15, 0.2) is 12.1 Å². The highest BCUT2D eigenvalue weighted by Gasteiger charge is 2.30. The van der Waals surface area contributed by atoms with Crippen LogP contribution in [0.25, 0.3) is 10.1 Å². The Morgan fingerprint density at radius 1 is 1.20 bits per heavy atom. The molecule has 4 rings (SSSR count). The summed E-state index contributed by atoms with van der Waals surface area (Å²) in [6.45, 7) is 4.45. The lowest BCUT2D eigenvalue weighted by molar-refractivity contribution is 0.678. The molecular weight excluding hydrogens is 262 g/mol. The molecule has 2 heteroatoms. The largest absolute Gasteiger partial charge is 0.312 e. The first kappa shape index (κ1) is 12.8. The van der Waals surface area contributed by atoms with E-state index >= 15 is 0 Å². The van der Waals surface area contributed by atoms with Crippen LogP contribution < -0.4 is 5.32 Å². The van der Waals surface area contributed by atoms with Crippen LogP contribution in [0.3, 0.4) is 0 Å². The average Bonchev–Trinajstić information content (AvgIpc) is 3.07. The molecule has 1 N–H and O–H groups in total. The van der Waals surface area contributed by atoms with Crippen molar-refractivity contribution in [3.05, 3.63) is 33.7 Å². The number of fused-ring (bicyclic) bond motifs is 2. The van der Waals surface area contributed by atoms with Crippen molar-refractivity contribution in [2.24, 2.45) is 0 Å². The topological polar surface area (TPSA) is 12.0 Å². The second-order valence-electron chi connectivity index (χ2n) is 6.36. The van der Waals surface area contributed by atoms with Crippen molar-refractivity contribution in [1.82, 2.24) is 5.32 Å². The molecular formula is C18H23NS. The molecule has 2 aliphatic carbocycles. The van der Waals surface area contributed by atoms with E-state index in [4.69, 9.17) is 0 Å². The van der Waals surface area contributed by atoms with E-state index in [-0.39, 0.29) is 0 Å². The lowest BCUT2D eigenvalue weighted by Gasteiger charge is -2.05. The van der Waals surface area contributed by atoms with Gasteiger partial charge in [0.05, 0.1) is 0 Å². The normalized spacial score (nSPS) is 17.9. The standard InChI is InChI=1S/C18H23NS/c1-2-8-19-11-17-18(12-6-7-12)15-9-13-4-3-5-14(13)10-16(15)20-17/h9-10,12,19H,2-8,11H2,1H3. The Morgan fingerprint density at radius 3 is 2.75 bits per heavy atom. The summed E-state index contributed by atoms with van der Waals surface area (Å²) in [7, 11) is 0. The predicted octanol–water partition coefficient (Wildman–Crippen LogP) is 4.77. The zero-order chi connectivity index (χ0) is 13.5. The van der Waals surface area contributed by atoms with Crippen molar-refractivity contribution in [1.29, 1.82) is 0 Å². The van der Waals surface area contributed by atoms with Crippen molar-refractivity contribution < 1.29 is 0 Å². The van der Waals surface area contributed by atoms with E-state index in [1.54, 1.807) is 31.7 Å². The molecule has 20 heavy (non-hydrogen) atoms. The Bertz CT molecular complexity index is 636. The molecule has 0 spiro atoms. The third-order valence-corrected chi connectivity index (χ3v) is 5.88. The average molecular weight is 285 g/mol. The van der Waals surface area contributed by atoms with E-state index in [9.17, 15) is 0 Å². The van der Waals surface area contributed by atoms with Crippen molar-refractivity contribution in [3.8, 4) is 0 Å². The minimum atomic E-state index is 0.863. The van der Waals surface area contributed by atoms with Crippen LogP contribution in [0, 0.1) is 0 Å². The van der Waals surface area contributed by atoms with Crippen LogP contribution in [-0.2, 0) is 19.4 Å². The number of nitrogens with one attached hydrogen (secondary N) is 1. The maximum absolute atomic E-state index is 3.60. The van der Waals surface area contributed by atoms with E-state index in [0.29, 0.717) is 0 Å². The number of thiophene rings is 1. The van der Waals surface area contributed by atoms with Gasteiger partial charge in [0.1, 0.15) is 0 Å². The maximum atomic E-state index is 3.60. The Balaban J connectivity index is 1.76. The number of benzene rings is 1. The number of hydrogen-bond acceptors (Lipinski definition) is 2. The summed E-state index contributed by atoms with van der Waals surface area (Å²) < 4.78 is 1.54. The molecule has 0 unspecified atom stereocenters. The molecule has 0 radical (unpaired) electrons. The van der Waals surface area contributed by atoms with Crippen molar-refractivity contribution >= 4 is 21.4 Å². The van der Waals surface area contributed by atoms with Crippen LogP contribution in [0.4, 0.5) is 0 Å². The third-order valence-electron chi connectivity index (χ3n) is 4.72. The zero-order valence-corrected chi connectivity index (χ0v) is 13.1. The van der Waals surface area contributed by atoms with Gasteiger partial charge in [0.2, 0.25) is 0 Å². The fourth-order valence-corrected chi connectivity index (χ4v) is 4.87. The van der Waals surface area contributed by atoms with Crippen LogP contribution in [0.1, 0.15) is 60.1 Å². The second-order valence-corrected chi connectivity index (χ2v) is 7.50. The van der Waals surface area contributed by atoms with E-state index in [1.807, 2.05) is 11.3 Å². The first-order valence-corrected chi connectivity index (χ1v) is 8.96. The first-order chi connectivity index (χ1) is 9.86. The number of aryl methyl sites for hydroxylation is 2. The van der Waals surface area contributed by atoms with Gasteiger partial charge < -0.3 is 5.32 Å². The molecule has 2 aromatic rings. The molecule has 0 amide bonds. The van der Waals surface area contributed by atoms with Gasteiger partial charge in [-0.15, -0.1) is 11.3 Å². The van der Waals surface area contributed by atoms with Gasteiger partial charge in [0.15, 0.2) is 0 Å². The summed E-state index contributed by atoms with van der Waals surface area (Å²) in [5.41, 5.74) is 4.95. The van der Waals surface area contributed by atoms with Gasteiger partial charge >= 0.3 is 0 Å². The second kappa shape index (κ2) is 5.16. The lowest BCUT2D eigenvalue weighted by atomic mass is 10.0. The smallest absolute Gasteiger partial charge is 0.0352 e. The molecule has 1 nitrogen and oxygen atoms in total. The highest BCUT2D eigenvalue weighted by molar-refractivity contribution is 7.19. The van der Waals surface area contributed by atoms with Crippen LogP contribution in [0.5, 0.6) is 0 Å². The Labute approximate surface area is 125 Å². The predicted molar refractivity (Wildman–Crippen MR) is 87.8 cm³/mol. The van der Waals surface area contributed by atoms with Crippen molar-refractivity contribution in [2.45, 2.75) is 57.9 Å². The molecule has 0 saturated heterocycles. The summed E-state index contributed by atoms with van der Waals surface area (Å²) in [6.07, 6.45) is 7.99. The SMILES string of the molecule is CCCNCc1sc2cc3c(cc2c1C1CC1)CCC3. The highest BCUT2D eigenvalue weighted by atomic mass is 32.1. The van der Waals surface area contributed by atoms with E-state index in [1.165, 1.54) is 38.5 Å². The van der Waals surface area contributed by atoms with Crippen LogP contribution in [0.2, 0.25) is 0 Å². The van der Waals surface area contributed by atoms with Gasteiger partial charge in [0, 0.05) is 16.1 Å². The van der Waals surface area contributed by atoms with Gasteiger partial charge in [0.25, 0.3) is 0 Å². The molecule has 0 bridgehead atoms. The number of hydrogen-bond donors (Lipinski definition) is 1. The van der Waals surface area contributed by atoms with Gasteiger partial charge in [-0.3, -0.25) is 0 Å². The third kappa shape index (κ3) is 2.19. The molecule has 2 aliphatic rings. The van der Waals surface area contributed by atoms with E-state index in [2.05, 4.69) is 24.4 Å². The Kier molecular flexibility index (Phi) is 3.31. The van der Waals surface area contributed by atoms with Gasteiger partial charge in [-0.2, -0.15) is 0 Å². The first-order valence-electron chi connectivity index (χ1n) is 8.14. The lowest BCUT2D eigenvalue weighted by Crippen LogP contribution is -2.13. The van der Waals surface area contributed by atoms with Gasteiger partial charge in [-0.25, -0.2) is 0 Å². The van der Waals surface area contributed by atoms with Crippen LogP contribution in [-0.4, -0.2) is 6.54 Å². The molecule has 0 atom stereocenters. The fourth-order valence-electron chi connectivity index (χ4n) is 3.56. The summed E-state index contributed by atoms with van der Waals surface area (Å²) >= 11 is 2.05. The molecule has 1 aromatic carbocycles. The van der Waals surface area contributed by atoms with E-state index in [0.717, 1.165) is 19.0 Å². The Morgan fingerprint density at radius 2 is 2.00 bits per heavy atom. The van der Waals surface area contributed by atoms with Gasteiger partial charge in [-0.1, -0.05) is 6.92 Å². The Hall–Kier alpha value is -0.860. The summed E-state index contributed by atoms with van der Waals surface area (Å²) in [6, 6.07) is 5.03. The molecule has 1 heterocycles. The van der Waals surface area contributed by atoms with Gasteiger partial charge in [-0.05, 0) is 85.2 Å². The summed E-state index contributed by atoms with van der Waals surface area (Å²) in [5.74, 6) is 0.863. The van der Waals surface area contributed by atoms with E-state index < -0.39 is 0 Å². The monoisotopic (exact) mass is 285 g/mol. The van der Waals surface area contributed by atoms with Crippen molar-refractivity contribution in [3.63, 3.8) is 0 Å². The van der Waals surface area contributed by atoms with Crippen LogP contribution >= 0.6 is 11.3 Å². The molecule has 1 fully saturated rings. The minimum Gasteiger partial charge on any atom is -0.312 e. The maximum Gasteiger partial charge on any atom is 0.0352 e. The fraction of sp³-hybridized carbons (Fsp3) is 0.556. The minimum absolute atomic E-state index is 0.863. The molecule has 106 valence electrons. The molecule has 1 saturated carbocycles. The molecule has 0 aliphatic heterocycles. The quantitative estimate of drug-likeness (QED) is 0.780. The number of rotatable bonds is 5. The highest BCUT2D eigenvalue weighted by Crippen LogP contribution is 2.48. The van der Waals surface area contributed by atoms with Crippen molar-refractivity contribution in [2.75, 3.05) is 6.54 Å². The summed E-state index contributed by atoms with van der Waals surface area (Å²) in [5, 5.41) is 5.19. The zero-order valence-electron chi connectivity index (χ0n) is 12.3. The molecule has 1 aromatic heterocycles. The summed E-state index contributed by atoms with van der Waals surface area (Å²) in [4.78, 5) is 1.61.